The lowest BCUT2D eigenvalue weighted by Crippen LogP contribution is -2.32. The van der Waals surface area contributed by atoms with Crippen LogP contribution in [0, 0.1) is 11.8 Å². The summed E-state index contributed by atoms with van der Waals surface area (Å²) in [5.41, 5.74) is -0.261. The summed E-state index contributed by atoms with van der Waals surface area (Å²) in [4.78, 5) is 43.4. The van der Waals surface area contributed by atoms with Crippen molar-refractivity contribution in [1.29, 1.82) is 0 Å². The molecular formula is C14H6F2N2O4. The zero-order chi connectivity index (χ0) is 15.9. The Labute approximate surface area is 121 Å². The average molecular weight is 304 g/mol. The van der Waals surface area contributed by atoms with Gasteiger partial charge in [0.1, 0.15) is 0 Å². The molecule has 0 aliphatic carbocycles. The Balaban J connectivity index is 1.85. The predicted molar refractivity (Wildman–Crippen MR) is 66.5 cm³/mol. The molecule has 1 aliphatic heterocycles. The van der Waals surface area contributed by atoms with Gasteiger partial charge in [-0.05, 0) is 18.2 Å². The number of pyridine rings is 1. The first-order chi connectivity index (χ1) is 10.5. The lowest BCUT2D eigenvalue weighted by molar-refractivity contribution is -0.0585. The minimum atomic E-state index is -1.38. The fourth-order valence-electron chi connectivity index (χ4n) is 1.92. The van der Waals surface area contributed by atoms with Crippen LogP contribution in [0.1, 0.15) is 31.1 Å². The van der Waals surface area contributed by atoms with Gasteiger partial charge in [0, 0.05) is 6.20 Å². The number of amides is 2. The molecule has 0 fully saturated rings. The summed E-state index contributed by atoms with van der Waals surface area (Å²) in [6.45, 7) is 0. The molecule has 0 atom stereocenters. The van der Waals surface area contributed by atoms with Crippen LogP contribution in [-0.2, 0) is 4.84 Å². The number of fused-ring (bicyclic) bond motifs is 1. The maximum absolute atomic E-state index is 13.0. The minimum absolute atomic E-state index is 0.0868. The number of hydrogen-bond acceptors (Lipinski definition) is 5. The van der Waals surface area contributed by atoms with Gasteiger partial charge in [0.15, 0.2) is 5.82 Å². The van der Waals surface area contributed by atoms with Gasteiger partial charge >= 0.3 is 5.97 Å². The van der Waals surface area contributed by atoms with Crippen LogP contribution in [0.3, 0.4) is 0 Å². The third-order valence-corrected chi connectivity index (χ3v) is 2.96. The van der Waals surface area contributed by atoms with Gasteiger partial charge in [-0.1, -0.05) is 17.2 Å². The first-order valence-corrected chi connectivity index (χ1v) is 6.00. The fraction of sp³-hybridized carbons (Fsp3) is 0. The second-order valence-corrected chi connectivity index (χ2v) is 4.33. The molecule has 3 rings (SSSR count). The van der Waals surface area contributed by atoms with Gasteiger partial charge in [-0.3, -0.25) is 9.59 Å². The Hall–Kier alpha value is -3.16. The lowest BCUT2D eigenvalue weighted by atomic mass is 10.1. The molecule has 0 spiro atoms. The molecule has 110 valence electrons. The third-order valence-electron chi connectivity index (χ3n) is 2.96. The summed E-state index contributed by atoms with van der Waals surface area (Å²) in [5.74, 6) is -5.57. The van der Waals surface area contributed by atoms with Gasteiger partial charge in [0.05, 0.1) is 16.7 Å². The monoisotopic (exact) mass is 304 g/mol. The molecule has 1 aromatic carbocycles. The highest BCUT2D eigenvalue weighted by molar-refractivity contribution is 6.21. The lowest BCUT2D eigenvalue weighted by Gasteiger charge is -2.12. The van der Waals surface area contributed by atoms with Crippen molar-refractivity contribution in [3.8, 4) is 0 Å². The van der Waals surface area contributed by atoms with Gasteiger partial charge in [0.25, 0.3) is 11.8 Å². The van der Waals surface area contributed by atoms with Gasteiger partial charge in [-0.15, -0.1) is 0 Å². The second-order valence-electron chi connectivity index (χ2n) is 4.33. The topological polar surface area (TPSA) is 76.6 Å². The number of nitrogens with zero attached hydrogens (tertiary/aromatic N) is 2. The van der Waals surface area contributed by atoms with Crippen molar-refractivity contribution >= 4 is 17.8 Å². The smallest absolute Gasteiger partial charge is 0.324 e. The van der Waals surface area contributed by atoms with E-state index in [4.69, 9.17) is 0 Å². The largest absolute Gasteiger partial charge is 0.365 e. The Morgan fingerprint density at radius 2 is 1.68 bits per heavy atom. The Morgan fingerprint density at radius 3 is 2.23 bits per heavy atom. The summed E-state index contributed by atoms with van der Waals surface area (Å²) in [7, 11) is 0. The normalized spacial score (nSPS) is 13.3. The molecule has 0 radical (unpaired) electrons. The summed E-state index contributed by atoms with van der Waals surface area (Å²) in [6.07, 6.45) is 0.735. The summed E-state index contributed by atoms with van der Waals surface area (Å²) >= 11 is 0. The van der Waals surface area contributed by atoms with Gasteiger partial charge < -0.3 is 4.84 Å². The molecule has 22 heavy (non-hydrogen) atoms. The molecule has 8 heteroatoms. The molecule has 0 saturated carbocycles. The molecule has 0 saturated heterocycles. The highest BCUT2D eigenvalue weighted by Crippen LogP contribution is 2.23. The zero-order valence-electron chi connectivity index (χ0n) is 10.7. The molecule has 1 aromatic heterocycles. The summed E-state index contributed by atoms with van der Waals surface area (Å²) in [6, 6.07) is 6.47. The quantitative estimate of drug-likeness (QED) is 0.624. The molecule has 2 heterocycles. The van der Waals surface area contributed by atoms with E-state index in [0.717, 1.165) is 6.20 Å². The Morgan fingerprint density at radius 1 is 1.09 bits per heavy atom. The minimum Gasteiger partial charge on any atom is -0.324 e. The Kier molecular flexibility index (Phi) is 3.13. The first-order valence-electron chi connectivity index (χ1n) is 6.00. The van der Waals surface area contributed by atoms with Crippen molar-refractivity contribution in [2.75, 3.05) is 0 Å². The van der Waals surface area contributed by atoms with E-state index in [9.17, 15) is 23.2 Å². The number of hydroxylamine groups is 2. The number of halogens is 2. The van der Waals surface area contributed by atoms with Crippen molar-refractivity contribution in [1.82, 2.24) is 10.0 Å². The molecule has 6 nitrogen and oxygen atoms in total. The zero-order valence-corrected chi connectivity index (χ0v) is 10.7. The van der Waals surface area contributed by atoms with Crippen LogP contribution in [0.5, 0.6) is 0 Å². The fourth-order valence-corrected chi connectivity index (χ4v) is 1.92. The van der Waals surface area contributed by atoms with Crippen LogP contribution >= 0.6 is 0 Å². The van der Waals surface area contributed by atoms with E-state index in [0.29, 0.717) is 6.07 Å². The molecule has 0 bridgehead atoms. The maximum atomic E-state index is 13.0. The van der Waals surface area contributed by atoms with E-state index in [2.05, 4.69) is 9.82 Å². The number of hydrogen-bond donors (Lipinski definition) is 0. The number of aromatic nitrogens is 1. The van der Waals surface area contributed by atoms with Crippen LogP contribution in [0.25, 0.3) is 0 Å². The van der Waals surface area contributed by atoms with Crippen molar-refractivity contribution < 1.29 is 28.0 Å². The van der Waals surface area contributed by atoms with Gasteiger partial charge in [-0.25, -0.2) is 14.2 Å². The van der Waals surface area contributed by atoms with Crippen LogP contribution < -0.4 is 0 Å². The van der Waals surface area contributed by atoms with Crippen molar-refractivity contribution in [3.63, 3.8) is 0 Å². The number of benzene rings is 1. The van der Waals surface area contributed by atoms with Crippen molar-refractivity contribution in [2.45, 2.75) is 0 Å². The molecule has 2 amide bonds. The average Bonchev–Trinajstić information content (AvgIpc) is 2.75. The number of carbonyl (C=O) groups excluding carboxylic acids is 3. The van der Waals surface area contributed by atoms with Gasteiger partial charge in [0.2, 0.25) is 5.95 Å². The van der Waals surface area contributed by atoms with E-state index < -0.39 is 35.1 Å². The molecule has 0 unspecified atom stereocenters. The van der Waals surface area contributed by atoms with Gasteiger partial charge in [-0.2, -0.15) is 4.39 Å². The van der Waals surface area contributed by atoms with Crippen LogP contribution in [-0.4, -0.2) is 27.8 Å². The number of imide groups is 1. The van der Waals surface area contributed by atoms with E-state index in [1.807, 2.05) is 0 Å². The summed E-state index contributed by atoms with van der Waals surface area (Å²) < 4.78 is 25.7. The Bertz CT molecular complexity index is 787. The van der Waals surface area contributed by atoms with Crippen molar-refractivity contribution in [3.05, 3.63) is 65.0 Å². The number of rotatable bonds is 2. The van der Waals surface area contributed by atoms with E-state index in [1.54, 1.807) is 12.1 Å². The first kappa shape index (κ1) is 13.8. The van der Waals surface area contributed by atoms with E-state index in [-0.39, 0.29) is 16.2 Å². The molecule has 1 aliphatic rings. The molecule has 0 N–H and O–H groups in total. The molecule has 2 aromatic rings. The summed E-state index contributed by atoms with van der Waals surface area (Å²) in [5, 5.41) is 0.272. The van der Waals surface area contributed by atoms with Crippen LogP contribution in [0.15, 0.2) is 36.5 Å². The van der Waals surface area contributed by atoms with Crippen molar-refractivity contribution in [2.24, 2.45) is 0 Å². The third kappa shape index (κ3) is 2.10. The van der Waals surface area contributed by atoms with E-state index >= 15 is 0 Å². The molecular weight excluding hydrogens is 298 g/mol. The van der Waals surface area contributed by atoms with E-state index in [1.165, 1.54) is 12.1 Å². The SMILES string of the molecule is O=C(ON1C(=O)c2ccccc2C1=O)c1cnc(F)c(F)c1. The second kappa shape index (κ2) is 4.99. The highest BCUT2D eigenvalue weighted by Gasteiger charge is 2.38. The highest BCUT2D eigenvalue weighted by atomic mass is 19.2. The standard InChI is InChI=1S/C14H6F2N2O4/c15-10-5-7(6-17-11(10)16)14(21)22-18-12(19)8-3-1-2-4-9(8)13(18)20/h1-6H. The van der Waals surface area contributed by atoms with Crippen LogP contribution in [0.4, 0.5) is 8.78 Å². The number of carbonyl (C=O) groups is 3. The maximum Gasteiger partial charge on any atom is 0.365 e. The predicted octanol–water partition coefficient (Wildman–Crippen LogP) is 1.73. The van der Waals surface area contributed by atoms with Crippen LogP contribution in [0.2, 0.25) is 0 Å².